The highest BCUT2D eigenvalue weighted by molar-refractivity contribution is 4.96. The number of rotatable bonds is 3. The van der Waals surface area contributed by atoms with Gasteiger partial charge in [0.2, 0.25) is 0 Å². The van der Waals surface area contributed by atoms with E-state index in [0.717, 1.165) is 18.8 Å². The standard InChI is InChI=1S/C9H11NO/c1-2-3-6-10-8-9-5-4-7-11-9/h4-5,7,10H,6,8H2,1H3/p+1. The summed E-state index contributed by atoms with van der Waals surface area (Å²) >= 11 is 0. The monoisotopic (exact) mass is 150 g/mol. The maximum Gasteiger partial charge on any atom is 0.157 e. The number of hydrogen-bond donors (Lipinski definition) is 1. The van der Waals surface area contributed by atoms with Gasteiger partial charge in [0.05, 0.1) is 6.26 Å². The SMILES string of the molecule is CC#CC[NH2+]Cc1ccco1. The van der Waals surface area contributed by atoms with Crippen molar-refractivity contribution in [2.45, 2.75) is 13.5 Å². The van der Waals surface area contributed by atoms with E-state index in [1.165, 1.54) is 0 Å². The van der Waals surface area contributed by atoms with E-state index in [2.05, 4.69) is 17.2 Å². The fraction of sp³-hybridized carbons (Fsp3) is 0.333. The van der Waals surface area contributed by atoms with Crippen LogP contribution in [0.2, 0.25) is 0 Å². The van der Waals surface area contributed by atoms with Crippen molar-refractivity contribution >= 4 is 0 Å². The van der Waals surface area contributed by atoms with Gasteiger partial charge in [-0.25, -0.2) is 0 Å². The van der Waals surface area contributed by atoms with Crippen molar-refractivity contribution in [2.24, 2.45) is 0 Å². The van der Waals surface area contributed by atoms with Gasteiger partial charge >= 0.3 is 0 Å². The Labute approximate surface area is 66.6 Å². The molecule has 0 saturated heterocycles. The Hall–Kier alpha value is -1.20. The second-order valence-corrected chi connectivity index (χ2v) is 2.20. The summed E-state index contributed by atoms with van der Waals surface area (Å²) in [6, 6.07) is 3.87. The van der Waals surface area contributed by atoms with Crippen LogP contribution in [-0.4, -0.2) is 6.54 Å². The fourth-order valence-corrected chi connectivity index (χ4v) is 0.817. The molecule has 0 aliphatic heterocycles. The van der Waals surface area contributed by atoms with Crippen LogP contribution in [-0.2, 0) is 6.54 Å². The third-order valence-corrected chi connectivity index (χ3v) is 1.35. The maximum atomic E-state index is 5.13. The van der Waals surface area contributed by atoms with Crippen LogP contribution in [0.3, 0.4) is 0 Å². The molecule has 58 valence electrons. The van der Waals surface area contributed by atoms with Gasteiger partial charge in [-0.2, -0.15) is 0 Å². The maximum absolute atomic E-state index is 5.13. The molecule has 1 aromatic rings. The Morgan fingerprint density at radius 1 is 1.64 bits per heavy atom. The lowest BCUT2D eigenvalue weighted by molar-refractivity contribution is -0.661. The number of furan rings is 1. The second-order valence-electron chi connectivity index (χ2n) is 2.20. The zero-order chi connectivity index (χ0) is 7.94. The topological polar surface area (TPSA) is 29.8 Å². The van der Waals surface area contributed by atoms with E-state index in [1.807, 2.05) is 19.1 Å². The van der Waals surface area contributed by atoms with Gasteiger partial charge in [-0.3, -0.25) is 0 Å². The number of hydrogen-bond acceptors (Lipinski definition) is 1. The lowest BCUT2D eigenvalue weighted by Gasteiger charge is -1.91. The first-order valence-corrected chi connectivity index (χ1v) is 3.67. The molecule has 0 atom stereocenters. The van der Waals surface area contributed by atoms with Crippen LogP contribution in [0.15, 0.2) is 22.8 Å². The van der Waals surface area contributed by atoms with Gasteiger partial charge in [0.25, 0.3) is 0 Å². The average molecular weight is 150 g/mol. The molecule has 11 heavy (non-hydrogen) atoms. The summed E-state index contributed by atoms with van der Waals surface area (Å²) in [7, 11) is 0. The average Bonchev–Trinajstić information content (AvgIpc) is 2.50. The van der Waals surface area contributed by atoms with Gasteiger partial charge < -0.3 is 9.73 Å². The predicted molar refractivity (Wildman–Crippen MR) is 42.7 cm³/mol. The zero-order valence-electron chi connectivity index (χ0n) is 6.63. The minimum atomic E-state index is 0.844. The highest BCUT2D eigenvalue weighted by Gasteiger charge is 1.94. The van der Waals surface area contributed by atoms with Crippen LogP contribution in [0.25, 0.3) is 0 Å². The molecular formula is C9H12NO+. The van der Waals surface area contributed by atoms with Crippen molar-refractivity contribution in [1.82, 2.24) is 0 Å². The summed E-state index contributed by atoms with van der Waals surface area (Å²) in [4.78, 5) is 0. The Morgan fingerprint density at radius 3 is 3.18 bits per heavy atom. The first kappa shape index (κ1) is 7.90. The van der Waals surface area contributed by atoms with Gasteiger partial charge in [0.1, 0.15) is 13.1 Å². The molecule has 0 aromatic carbocycles. The molecule has 0 spiro atoms. The molecule has 0 unspecified atom stereocenters. The molecule has 0 saturated carbocycles. The second kappa shape index (κ2) is 4.59. The van der Waals surface area contributed by atoms with E-state index in [4.69, 9.17) is 4.42 Å². The molecule has 0 aliphatic carbocycles. The summed E-state index contributed by atoms with van der Waals surface area (Å²) in [6.07, 6.45) is 1.69. The fourth-order valence-electron chi connectivity index (χ4n) is 0.817. The van der Waals surface area contributed by atoms with E-state index >= 15 is 0 Å². The zero-order valence-corrected chi connectivity index (χ0v) is 6.63. The van der Waals surface area contributed by atoms with Gasteiger partial charge in [-0.1, -0.05) is 0 Å². The molecule has 1 heterocycles. The Bertz CT molecular complexity index is 240. The minimum absolute atomic E-state index is 0.844. The predicted octanol–water partition coefficient (Wildman–Crippen LogP) is 0.366. The van der Waals surface area contributed by atoms with E-state index in [0.29, 0.717) is 0 Å². The van der Waals surface area contributed by atoms with Crippen LogP contribution >= 0.6 is 0 Å². The molecule has 1 aromatic heterocycles. The Kier molecular flexibility index (Phi) is 3.30. The molecular weight excluding hydrogens is 138 g/mol. The van der Waals surface area contributed by atoms with Gasteiger partial charge in [0.15, 0.2) is 5.76 Å². The molecule has 0 amide bonds. The van der Waals surface area contributed by atoms with Crippen LogP contribution < -0.4 is 5.32 Å². The lowest BCUT2D eigenvalue weighted by atomic mass is 10.4. The van der Waals surface area contributed by atoms with Crippen molar-refractivity contribution in [3.63, 3.8) is 0 Å². The van der Waals surface area contributed by atoms with Crippen molar-refractivity contribution in [2.75, 3.05) is 6.54 Å². The normalized spacial score (nSPS) is 8.82. The molecule has 0 fully saturated rings. The van der Waals surface area contributed by atoms with Crippen LogP contribution in [0.1, 0.15) is 12.7 Å². The molecule has 1 rings (SSSR count). The first-order chi connectivity index (χ1) is 5.43. The summed E-state index contributed by atoms with van der Waals surface area (Å²) in [5.74, 6) is 6.80. The molecule has 2 nitrogen and oxygen atoms in total. The summed E-state index contributed by atoms with van der Waals surface area (Å²) in [6.45, 7) is 3.57. The largest absolute Gasteiger partial charge is 0.463 e. The summed E-state index contributed by atoms with van der Waals surface area (Å²) in [5.41, 5.74) is 0. The van der Waals surface area contributed by atoms with Crippen LogP contribution in [0.4, 0.5) is 0 Å². The highest BCUT2D eigenvalue weighted by Crippen LogP contribution is 1.95. The van der Waals surface area contributed by atoms with Crippen molar-refractivity contribution in [3.05, 3.63) is 24.2 Å². The van der Waals surface area contributed by atoms with Gasteiger partial charge in [0, 0.05) is 0 Å². The number of quaternary nitrogens is 1. The van der Waals surface area contributed by atoms with E-state index < -0.39 is 0 Å². The minimum Gasteiger partial charge on any atom is -0.463 e. The van der Waals surface area contributed by atoms with Gasteiger partial charge in [-0.05, 0) is 25.0 Å². The van der Waals surface area contributed by atoms with Gasteiger partial charge in [-0.15, -0.1) is 5.92 Å². The van der Waals surface area contributed by atoms with E-state index in [1.54, 1.807) is 6.26 Å². The molecule has 0 radical (unpaired) electrons. The van der Waals surface area contributed by atoms with Crippen LogP contribution in [0, 0.1) is 11.8 Å². The smallest absolute Gasteiger partial charge is 0.157 e. The van der Waals surface area contributed by atoms with E-state index in [9.17, 15) is 0 Å². The van der Waals surface area contributed by atoms with Crippen molar-refractivity contribution in [1.29, 1.82) is 0 Å². The van der Waals surface area contributed by atoms with Crippen molar-refractivity contribution < 1.29 is 9.73 Å². The highest BCUT2D eigenvalue weighted by atomic mass is 16.3. The molecule has 0 bridgehead atoms. The van der Waals surface area contributed by atoms with Crippen LogP contribution in [0.5, 0.6) is 0 Å². The molecule has 2 N–H and O–H groups in total. The molecule has 2 heteroatoms. The Balaban J connectivity index is 2.17. The lowest BCUT2D eigenvalue weighted by Crippen LogP contribution is -2.82. The summed E-state index contributed by atoms with van der Waals surface area (Å²) < 4.78 is 5.13. The summed E-state index contributed by atoms with van der Waals surface area (Å²) in [5, 5.41) is 2.11. The first-order valence-electron chi connectivity index (χ1n) is 3.67. The molecule has 0 aliphatic rings. The van der Waals surface area contributed by atoms with E-state index in [-0.39, 0.29) is 0 Å². The van der Waals surface area contributed by atoms with Crippen molar-refractivity contribution in [3.8, 4) is 11.8 Å². The third-order valence-electron chi connectivity index (χ3n) is 1.35. The Morgan fingerprint density at radius 2 is 2.55 bits per heavy atom. The number of nitrogens with two attached hydrogens (primary N) is 1. The quantitative estimate of drug-likeness (QED) is 0.489. The third kappa shape index (κ3) is 2.92.